The summed E-state index contributed by atoms with van der Waals surface area (Å²) in [7, 11) is 0. The number of carbonyl (C=O) groups is 1. The largest absolute Gasteiger partial charge is 0.462 e. The molecule has 0 spiro atoms. The molecule has 2 aromatic rings. The monoisotopic (exact) mass is 388 g/mol. The second-order valence-corrected chi connectivity index (χ2v) is 7.24. The number of nitrogens with one attached hydrogen (secondary N) is 2. The van der Waals surface area contributed by atoms with Gasteiger partial charge in [0.2, 0.25) is 0 Å². The number of carbonyl (C=O) groups excluding carboxylic acids is 1. The molecular formula is C20H24N2O2S2. The van der Waals surface area contributed by atoms with Gasteiger partial charge in [0.05, 0.1) is 12.2 Å². The van der Waals surface area contributed by atoms with Crippen molar-refractivity contribution in [1.29, 1.82) is 0 Å². The minimum absolute atomic E-state index is 0.331. The van der Waals surface area contributed by atoms with E-state index in [9.17, 15) is 4.79 Å². The molecular weight excluding hydrogens is 364 g/mol. The quantitative estimate of drug-likeness (QED) is 0.397. The summed E-state index contributed by atoms with van der Waals surface area (Å²) in [5, 5.41) is 6.83. The maximum Gasteiger partial charge on any atom is 0.338 e. The second-order valence-electron chi connectivity index (χ2n) is 5.72. The van der Waals surface area contributed by atoms with Crippen molar-refractivity contribution in [1.82, 2.24) is 5.32 Å². The highest BCUT2D eigenvalue weighted by Gasteiger charge is 2.07. The predicted octanol–water partition coefficient (Wildman–Crippen LogP) is 4.39. The van der Waals surface area contributed by atoms with Gasteiger partial charge in [-0.2, -0.15) is 11.8 Å². The summed E-state index contributed by atoms with van der Waals surface area (Å²) < 4.78 is 5.01. The van der Waals surface area contributed by atoms with E-state index in [-0.39, 0.29) is 5.97 Å². The zero-order valence-electron chi connectivity index (χ0n) is 15.1. The average molecular weight is 389 g/mol. The number of thiocarbonyl (C=S) groups is 1. The van der Waals surface area contributed by atoms with Crippen molar-refractivity contribution >= 4 is 40.7 Å². The van der Waals surface area contributed by atoms with Gasteiger partial charge in [-0.15, -0.1) is 0 Å². The summed E-state index contributed by atoms with van der Waals surface area (Å²) in [6.07, 6.45) is 0. The van der Waals surface area contributed by atoms with E-state index in [1.54, 1.807) is 25.1 Å². The summed E-state index contributed by atoms with van der Waals surface area (Å²) in [5.74, 6) is 1.62. The Morgan fingerprint density at radius 3 is 2.77 bits per heavy atom. The summed E-state index contributed by atoms with van der Waals surface area (Å²) >= 11 is 7.17. The van der Waals surface area contributed by atoms with Crippen molar-refractivity contribution in [3.63, 3.8) is 0 Å². The van der Waals surface area contributed by atoms with Gasteiger partial charge >= 0.3 is 5.97 Å². The number of hydrogen-bond acceptors (Lipinski definition) is 4. The Morgan fingerprint density at radius 1 is 1.19 bits per heavy atom. The number of aryl methyl sites for hydroxylation is 1. The van der Waals surface area contributed by atoms with Crippen molar-refractivity contribution in [3.05, 3.63) is 65.2 Å². The van der Waals surface area contributed by atoms with Crippen LogP contribution in [-0.4, -0.2) is 30.0 Å². The third-order valence-corrected chi connectivity index (χ3v) is 4.79. The van der Waals surface area contributed by atoms with Crippen LogP contribution in [0.1, 0.15) is 28.4 Å². The summed E-state index contributed by atoms with van der Waals surface area (Å²) in [4.78, 5) is 11.8. The van der Waals surface area contributed by atoms with Gasteiger partial charge in [-0.1, -0.05) is 35.9 Å². The predicted molar refractivity (Wildman–Crippen MR) is 114 cm³/mol. The van der Waals surface area contributed by atoms with Crippen LogP contribution in [0.3, 0.4) is 0 Å². The molecule has 26 heavy (non-hydrogen) atoms. The first-order valence-electron chi connectivity index (χ1n) is 8.54. The lowest BCUT2D eigenvalue weighted by atomic mass is 10.2. The van der Waals surface area contributed by atoms with Gasteiger partial charge in [-0.3, -0.25) is 0 Å². The molecule has 0 bridgehead atoms. The van der Waals surface area contributed by atoms with E-state index < -0.39 is 0 Å². The molecule has 0 atom stereocenters. The van der Waals surface area contributed by atoms with Crippen molar-refractivity contribution in [2.45, 2.75) is 19.6 Å². The van der Waals surface area contributed by atoms with Gasteiger partial charge in [0.15, 0.2) is 5.11 Å². The van der Waals surface area contributed by atoms with Gasteiger partial charge in [0, 0.05) is 23.7 Å². The summed E-state index contributed by atoms with van der Waals surface area (Å²) in [6.45, 7) is 5.03. The molecule has 0 aliphatic heterocycles. The fourth-order valence-electron chi connectivity index (χ4n) is 2.34. The van der Waals surface area contributed by atoms with Crippen LogP contribution >= 0.6 is 24.0 Å². The molecule has 0 unspecified atom stereocenters. The summed E-state index contributed by atoms with van der Waals surface area (Å²) in [6, 6.07) is 15.7. The van der Waals surface area contributed by atoms with Gasteiger partial charge in [-0.25, -0.2) is 4.79 Å². The first-order valence-corrected chi connectivity index (χ1v) is 10.1. The van der Waals surface area contributed by atoms with Crippen molar-refractivity contribution in [2.75, 3.05) is 24.2 Å². The first kappa shape index (κ1) is 20.3. The zero-order chi connectivity index (χ0) is 18.8. The third-order valence-electron chi connectivity index (χ3n) is 3.51. The topological polar surface area (TPSA) is 50.4 Å². The Labute approximate surface area is 164 Å². The molecule has 2 N–H and O–H groups in total. The lowest BCUT2D eigenvalue weighted by Crippen LogP contribution is -2.30. The lowest BCUT2D eigenvalue weighted by molar-refractivity contribution is 0.0526. The van der Waals surface area contributed by atoms with Gasteiger partial charge in [-0.05, 0) is 49.8 Å². The van der Waals surface area contributed by atoms with Crippen molar-refractivity contribution in [3.8, 4) is 0 Å². The maximum atomic E-state index is 11.8. The SMILES string of the molecule is CCOC(=O)c1cccc(NC(=S)NCCSCc2cccc(C)c2)c1. The summed E-state index contributed by atoms with van der Waals surface area (Å²) in [5.41, 5.74) is 3.90. The highest BCUT2D eigenvalue weighted by molar-refractivity contribution is 7.98. The van der Waals surface area contributed by atoms with Crippen molar-refractivity contribution < 1.29 is 9.53 Å². The maximum absolute atomic E-state index is 11.8. The van der Waals surface area contributed by atoms with Crippen LogP contribution in [0.4, 0.5) is 5.69 Å². The van der Waals surface area contributed by atoms with E-state index in [4.69, 9.17) is 17.0 Å². The first-order chi connectivity index (χ1) is 12.6. The number of benzene rings is 2. The smallest absolute Gasteiger partial charge is 0.338 e. The highest BCUT2D eigenvalue weighted by Crippen LogP contribution is 2.13. The van der Waals surface area contributed by atoms with Crippen LogP contribution in [0, 0.1) is 6.92 Å². The van der Waals surface area contributed by atoms with E-state index in [0.717, 1.165) is 23.7 Å². The van der Waals surface area contributed by atoms with E-state index in [1.807, 2.05) is 17.8 Å². The van der Waals surface area contributed by atoms with Crippen LogP contribution in [0.2, 0.25) is 0 Å². The molecule has 0 saturated heterocycles. The fraction of sp³-hybridized carbons (Fsp3) is 0.300. The van der Waals surface area contributed by atoms with E-state index in [1.165, 1.54) is 11.1 Å². The van der Waals surface area contributed by atoms with Crippen LogP contribution in [0.15, 0.2) is 48.5 Å². The number of thioether (sulfide) groups is 1. The Bertz CT molecular complexity index is 750. The van der Waals surface area contributed by atoms with Crippen molar-refractivity contribution in [2.24, 2.45) is 0 Å². The molecule has 0 aromatic heterocycles. The van der Waals surface area contributed by atoms with Gasteiger partial charge in [0.1, 0.15) is 0 Å². The molecule has 0 fully saturated rings. The zero-order valence-corrected chi connectivity index (χ0v) is 16.7. The normalized spacial score (nSPS) is 10.2. The molecule has 138 valence electrons. The molecule has 0 amide bonds. The Hall–Kier alpha value is -2.05. The average Bonchev–Trinajstić information content (AvgIpc) is 2.62. The van der Waals surface area contributed by atoms with E-state index >= 15 is 0 Å². The molecule has 2 aromatic carbocycles. The number of ether oxygens (including phenoxy) is 1. The number of rotatable bonds is 8. The fourth-order valence-corrected chi connectivity index (χ4v) is 3.37. The Balaban J connectivity index is 1.70. The lowest BCUT2D eigenvalue weighted by Gasteiger charge is -2.11. The van der Waals surface area contributed by atoms with Gasteiger partial charge in [0.25, 0.3) is 0 Å². The number of anilines is 1. The molecule has 4 nitrogen and oxygen atoms in total. The van der Waals surface area contributed by atoms with E-state index in [2.05, 4.69) is 41.8 Å². The second kappa shape index (κ2) is 10.8. The minimum Gasteiger partial charge on any atom is -0.462 e. The van der Waals surface area contributed by atoms with E-state index in [0.29, 0.717) is 17.3 Å². The minimum atomic E-state index is -0.331. The van der Waals surface area contributed by atoms with Crippen LogP contribution in [0.25, 0.3) is 0 Å². The third kappa shape index (κ3) is 7.06. The van der Waals surface area contributed by atoms with Crippen LogP contribution in [0.5, 0.6) is 0 Å². The standard InChI is InChI=1S/C20H24N2O2S2/c1-3-24-19(23)17-8-5-9-18(13-17)22-20(25)21-10-11-26-14-16-7-4-6-15(2)12-16/h4-9,12-13H,3,10-11,14H2,1-2H3,(H2,21,22,25). The van der Waals surface area contributed by atoms with Gasteiger partial charge < -0.3 is 15.4 Å². The van der Waals surface area contributed by atoms with Crippen LogP contribution < -0.4 is 10.6 Å². The molecule has 6 heteroatoms. The Morgan fingerprint density at radius 2 is 2.00 bits per heavy atom. The molecule has 0 aliphatic rings. The molecule has 0 saturated carbocycles. The Kier molecular flexibility index (Phi) is 8.44. The molecule has 0 radical (unpaired) electrons. The van der Waals surface area contributed by atoms with Crippen LogP contribution in [-0.2, 0) is 10.5 Å². The molecule has 0 heterocycles. The molecule has 2 rings (SSSR count). The number of hydrogen-bond donors (Lipinski definition) is 2. The highest BCUT2D eigenvalue weighted by atomic mass is 32.2. The molecule has 0 aliphatic carbocycles. The number of esters is 1.